The lowest BCUT2D eigenvalue weighted by Gasteiger charge is -2.13. The third kappa shape index (κ3) is 5.89. The van der Waals surface area contributed by atoms with Crippen molar-refractivity contribution in [1.29, 1.82) is 0 Å². The summed E-state index contributed by atoms with van der Waals surface area (Å²) in [7, 11) is 0. The highest BCUT2D eigenvalue weighted by molar-refractivity contribution is 7.96. The minimum Gasteiger partial charge on any atom is -0.282 e. The second kappa shape index (κ2) is 2.44. The molecule has 0 aliphatic heterocycles. The van der Waals surface area contributed by atoms with Crippen LogP contribution < -0.4 is 0 Å². The van der Waals surface area contributed by atoms with Crippen molar-refractivity contribution < 1.29 is 4.79 Å². The fraction of sp³-hybridized carbons (Fsp3) is 0.833. The highest BCUT2D eigenvalue weighted by Gasteiger charge is 2.13. The van der Waals surface area contributed by atoms with Crippen LogP contribution in [0.2, 0.25) is 0 Å². The minimum atomic E-state index is -0.141. The molecule has 8 heavy (non-hydrogen) atoms. The van der Waals surface area contributed by atoms with E-state index in [0.29, 0.717) is 6.42 Å². The molecular formula is C6H11OS. The largest absolute Gasteiger partial charge is 0.282 e. The molecular weight excluding hydrogens is 120 g/mol. The molecule has 0 saturated carbocycles. The molecule has 1 radical (unpaired) electrons. The molecule has 0 heterocycles. The minimum absolute atomic E-state index is 0.0683. The van der Waals surface area contributed by atoms with Gasteiger partial charge in [-0.05, 0) is 18.0 Å². The second-order valence-electron chi connectivity index (χ2n) is 3.11. The van der Waals surface area contributed by atoms with Gasteiger partial charge in [-0.2, -0.15) is 0 Å². The van der Waals surface area contributed by atoms with E-state index >= 15 is 0 Å². The van der Waals surface area contributed by atoms with Crippen LogP contribution in [0.25, 0.3) is 0 Å². The van der Waals surface area contributed by atoms with Crippen molar-refractivity contribution in [3.63, 3.8) is 0 Å². The number of hydrogen-bond acceptors (Lipinski definition) is 1. The first-order valence-electron chi connectivity index (χ1n) is 2.62. The first-order valence-corrected chi connectivity index (χ1v) is 3.02. The zero-order chi connectivity index (χ0) is 6.78. The maximum atomic E-state index is 10.3. The summed E-state index contributed by atoms with van der Waals surface area (Å²) in [4.78, 5) is 10.3. The van der Waals surface area contributed by atoms with Crippen molar-refractivity contribution in [1.82, 2.24) is 0 Å². The lowest BCUT2D eigenvalue weighted by molar-refractivity contribution is -0.112. The molecule has 0 rings (SSSR count). The Morgan fingerprint density at radius 3 is 1.88 bits per heavy atom. The van der Waals surface area contributed by atoms with Crippen LogP contribution in [0.4, 0.5) is 0 Å². The van der Waals surface area contributed by atoms with Gasteiger partial charge >= 0.3 is 0 Å². The van der Waals surface area contributed by atoms with Crippen molar-refractivity contribution >= 4 is 17.7 Å². The number of hydrogen-bond donors (Lipinski definition) is 0. The van der Waals surface area contributed by atoms with E-state index in [0.717, 1.165) is 0 Å². The summed E-state index contributed by atoms with van der Waals surface area (Å²) >= 11 is 4.39. The normalized spacial score (nSPS) is 11.4. The van der Waals surface area contributed by atoms with Gasteiger partial charge in [-0.1, -0.05) is 20.8 Å². The molecule has 0 N–H and O–H groups in total. The van der Waals surface area contributed by atoms with Gasteiger partial charge in [0.1, 0.15) is 0 Å². The summed E-state index contributed by atoms with van der Waals surface area (Å²) < 4.78 is 0. The van der Waals surface area contributed by atoms with E-state index in [1.54, 1.807) is 0 Å². The zero-order valence-corrected chi connectivity index (χ0v) is 6.34. The van der Waals surface area contributed by atoms with Gasteiger partial charge < -0.3 is 0 Å². The van der Waals surface area contributed by atoms with Crippen molar-refractivity contribution in [3.05, 3.63) is 0 Å². The van der Waals surface area contributed by atoms with E-state index in [2.05, 4.69) is 12.6 Å². The van der Waals surface area contributed by atoms with E-state index in [9.17, 15) is 4.79 Å². The van der Waals surface area contributed by atoms with Crippen LogP contribution in [0.1, 0.15) is 27.2 Å². The standard InChI is InChI=1S/C6H11OS/c1-6(2,3)4-5(7)8/h4H2,1-3H3. The molecule has 0 aromatic rings. The van der Waals surface area contributed by atoms with Gasteiger partial charge in [0.25, 0.3) is 0 Å². The third-order valence-electron chi connectivity index (χ3n) is 0.675. The van der Waals surface area contributed by atoms with Gasteiger partial charge in [-0.15, -0.1) is 0 Å². The Morgan fingerprint density at radius 1 is 1.50 bits per heavy atom. The Kier molecular flexibility index (Phi) is 2.41. The summed E-state index contributed by atoms with van der Waals surface area (Å²) in [5.41, 5.74) is 0.0683. The molecule has 47 valence electrons. The maximum Gasteiger partial charge on any atom is 0.219 e. The average molecular weight is 131 g/mol. The predicted octanol–water partition coefficient (Wildman–Crippen LogP) is 2.15. The van der Waals surface area contributed by atoms with Crippen LogP contribution in [0.3, 0.4) is 0 Å². The maximum absolute atomic E-state index is 10.3. The van der Waals surface area contributed by atoms with Crippen molar-refractivity contribution in [2.45, 2.75) is 27.2 Å². The van der Waals surface area contributed by atoms with E-state index in [-0.39, 0.29) is 10.5 Å². The predicted molar refractivity (Wildman–Crippen MR) is 36.7 cm³/mol. The molecule has 1 nitrogen and oxygen atoms in total. The highest BCUT2D eigenvalue weighted by atomic mass is 32.1. The molecule has 0 aromatic heterocycles. The monoisotopic (exact) mass is 131 g/mol. The Hall–Kier alpha value is -0.110. The molecule has 2 heteroatoms. The van der Waals surface area contributed by atoms with Crippen molar-refractivity contribution in [2.24, 2.45) is 5.41 Å². The molecule has 0 aliphatic rings. The average Bonchev–Trinajstić information content (AvgIpc) is 1.21. The molecule has 0 atom stereocenters. The molecule has 0 bridgehead atoms. The topological polar surface area (TPSA) is 17.1 Å². The molecule has 0 fully saturated rings. The lowest BCUT2D eigenvalue weighted by atomic mass is 9.93. The first kappa shape index (κ1) is 7.89. The van der Waals surface area contributed by atoms with E-state index < -0.39 is 0 Å². The zero-order valence-electron chi connectivity index (χ0n) is 5.52. The van der Waals surface area contributed by atoms with E-state index in [4.69, 9.17) is 0 Å². The van der Waals surface area contributed by atoms with Crippen LogP contribution in [0.15, 0.2) is 0 Å². The summed E-state index contributed by atoms with van der Waals surface area (Å²) in [6.07, 6.45) is 0.502. The Labute approximate surface area is 55.9 Å². The number of rotatable bonds is 1. The SMILES string of the molecule is CC(C)(C)CC(=O)[S]. The molecule has 0 amide bonds. The molecule has 0 unspecified atom stereocenters. The van der Waals surface area contributed by atoms with E-state index in [1.165, 1.54) is 0 Å². The van der Waals surface area contributed by atoms with Crippen molar-refractivity contribution in [3.8, 4) is 0 Å². The van der Waals surface area contributed by atoms with Gasteiger partial charge in [-0.3, -0.25) is 4.79 Å². The quantitative estimate of drug-likeness (QED) is 0.533. The van der Waals surface area contributed by atoms with Crippen LogP contribution in [-0.4, -0.2) is 5.12 Å². The number of carbonyl (C=O) groups is 1. The van der Waals surface area contributed by atoms with Gasteiger partial charge in [-0.25, -0.2) is 0 Å². The van der Waals surface area contributed by atoms with E-state index in [1.807, 2.05) is 20.8 Å². The first-order chi connectivity index (χ1) is 3.42. The van der Waals surface area contributed by atoms with Gasteiger partial charge in [0.15, 0.2) is 0 Å². The fourth-order valence-corrected chi connectivity index (χ4v) is 0.866. The summed E-state index contributed by atoms with van der Waals surface area (Å²) in [5.74, 6) is 0. The smallest absolute Gasteiger partial charge is 0.219 e. The third-order valence-corrected chi connectivity index (χ3v) is 0.819. The Morgan fingerprint density at radius 2 is 1.88 bits per heavy atom. The highest BCUT2D eigenvalue weighted by Crippen LogP contribution is 2.18. The Balaban J connectivity index is 3.55. The molecule has 0 aromatic carbocycles. The van der Waals surface area contributed by atoms with Gasteiger partial charge in [0.2, 0.25) is 5.12 Å². The molecule has 0 aliphatic carbocycles. The Bertz CT molecular complexity index is 91.2. The van der Waals surface area contributed by atoms with Crippen molar-refractivity contribution in [2.75, 3.05) is 0 Å². The molecule has 0 spiro atoms. The second-order valence-corrected chi connectivity index (χ2v) is 3.56. The summed E-state index contributed by atoms with van der Waals surface area (Å²) in [5, 5.41) is -0.141. The van der Waals surface area contributed by atoms with Crippen LogP contribution >= 0.6 is 12.6 Å². The molecule has 0 saturated heterocycles. The summed E-state index contributed by atoms with van der Waals surface area (Å²) in [6.45, 7) is 5.99. The number of carbonyl (C=O) groups excluding carboxylic acids is 1. The van der Waals surface area contributed by atoms with Crippen LogP contribution in [0, 0.1) is 5.41 Å². The fourth-order valence-electron chi connectivity index (χ4n) is 0.433. The van der Waals surface area contributed by atoms with Crippen LogP contribution in [0.5, 0.6) is 0 Å². The summed E-state index contributed by atoms with van der Waals surface area (Å²) in [6, 6.07) is 0. The lowest BCUT2D eigenvalue weighted by Crippen LogP contribution is -2.08. The van der Waals surface area contributed by atoms with Gasteiger partial charge in [0.05, 0.1) is 0 Å². The van der Waals surface area contributed by atoms with Crippen LogP contribution in [-0.2, 0) is 4.79 Å². The van der Waals surface area contributed by atoms with Gasteiger partial charge in [0, 0.05) is 6.42 Å².